The number of benzene rings is 1. The molecule has 0 heterocycles. The largest absolute Gasteiger partial charge is 0.349 e. The van der Waals surface area contributed by atoms with Crippen LogP contribution in [-0.2, 0) is 6.54 Å². The van der Waals surface area contributed by atoms with Crippen LogP contribution in [0.1, 0.15) is 128 Å². The van der Waals surface area contributed by atoms with Crippen LogP contribution in [0.3, 0.4) is 0 Å². The van der Waals surface area contributed by atoms with Gasteiger partial charge in [-0.3, -0.25) is 4.79 Å². The van der Waals surface area contributed by atoms with Gasteiger partial charge in [0.05, 0.1) is 0 Å². The maximum Gasteiger partial charge on any atom is 0.251 e. The molecule has 0 aliphatic heterocycles. The van der Waals surface area contributed by atoms with Crippen molar-refractivity contribution in [3.63, 3.8) is 0 Å². The summed E-state index contributed by atoms with van der Waals surface area (Å²) in [7, 11) is 0. The van der Waals surface area contributed by atoms with Crippen molar-refractivity contribution in [2.24, 2.45) is 58.0 Å². The molecule has 1 aromatic carbocycles. The number of nitrogens with one attached hydrogen (secondary N) is 1. The molecule has 1 aromatic rings. The molecule has 1 unspecified atom stereocenters. The molecular formula is C35H56N2O. The highest BCUT2D eigenvalue weighted by Crippen LogP contribution is 2.68. The second-order valence-electron chi connectivity index (χ2n) is 15.0. The Bertz CT molecular complexity index is 955. The Hall–Kier alpha value is -1.35. The molecule has 1 amide bonds. The molecule has 38 heavy (non-hydrogen) atoms. The van der Waals surface area contributed by atoms with Crippen molar-refractivity contribution in [1.29, 1.82) is 0 Å². The number of fused-ring (bicyclic) bond motifs is 5. The molecule has 0 radical (unpaired) electrons. The molecule has 4 aliphatic carbocycles. The molecule has 4 saturated carbocycles. The smallest absolute Gasteiger partial charge is 0.251 e. The molecule has 4 aliphatic rings. The van der Waals surface area contributed by atoms with Gasteiger partial charge in [-0.15, -0.1) is 0 Å². The van der Waals surface area contributed by atoms with Crippen LogP contribution in [0, 0.1) is 52.3 Å². The average Bonchev–Trinajstić information content (AvgIpc) is 3.26. The van der Waals surface area contributed by atoms with E-state index in [1.165, 1.54) is 70.6 Å². The van der Waals surface area contributed by atoms with Gasteiger partial charge in [0.2, 0.25) is 0 Å². The first-order chi connectivity index (χ1) is 18.2. The molecule has 212 valence electrons. The zero-order valence-electron chi connectivity index (χ0n) is 25.1. The maximum atomic E-state index is 13.0. The summed E-state index contributed by atoms with van der Waals surface area (Å²) in [5.41, 5.74) is 8.61. The van der Waals surface area contributed by atoms with Gasteiger partial charge in [-0.05, 0) is 128 Å². The van der Waals surface area contributed by atoms with E-state index >= 15 is 0 Å². The Morgan fingerprint density at radius 1 is 0.921 bits per heavy atom. The van der Waals surface area contributed by atoms with E-state index in [9.17, 15) is 4.79 Å². The summed E-state index contributed by atoms with van der Waals surface area (Å²) >= 11 is 0. The second kappa shape index (κ2) is 11.3. The van der Waals surface area contributed by atoms with Crippen molar-refractivity contribution in [2.75, 3.05) is 0 Å². The van der Waals surface area contributed by atoms with E-state index in [4.69, 9.17) is 5.73 Å². The zero-order valence-corrected chi connectivity index (χ0v) is 25.1. The summed E-state index contributed by atoms with van der Waals surface area (Å²) in [4.78, 5) is 13.0. The van der Waals surface area contributed by atoms with E-state index in [2.05, 4.69) is 39.9 Å². The highest BCUT2D eigenvalue weighted by molar-refractivity contribution is 5.94. The van der Waals surface area contributed by atoms with Gasteiger partial charge in [0.1, 0.15) is 0 Å². The van der Waals surface area contributed by atoms with Crippen LogP contribution >= 0.6 is 0 Å². The lowest BCUT2D eigenvalue weighted by molar-refractivity contribution is -0.117. The SMILES string of the molecule is CC(C)CCC[C@@H](C)[C@H]1CC[C@H]2[C@@H]3CCC4C[C@H](NC(=O)c5ccc(CN)cc5)CC[C@]4(C)[C@H]3CC[C@]12C. The Balaban J connectivity index is 1.21. The van der Waals surface area contributed by atoms with Crippen LogP contribution in [0.25, 0.3) is 0 Å². The van der Waals surface area contributed by atoms with Crippen molar-refractivity contribution in [3.8, 4) is 0 Å². The first-order valence-corrected chi connectivity index (χ1v) is 16.3. The minimum absolute atomic E-state index is 0.0869. The lowest BCUT2D eigenvalue weighted by atomic mass is 9.44. The Morgan fingerprint density at radius 2 is 1.63 bits per heavy atom. The average molecular weight is 521 g/mol. The zero-order chi connectivity index (χ0) is 27.1. The standard InChI is InChI=1S/C35H56N2O/c1-23(2)7-6-8-24(3)30-15-16-31-29-14-13-27-21-28(37-33(38)26-11-9-25(22-36)10-12-26)17-19-34(27,4)32(29)18-20-35(30,31)5/h9-12,23-24,27-32H,6-8,13-22,36H2,1-5H3,(H,37,38)/t24-,27?,28-,29+,30-,31+,32+,34+,35-/m1/s1. The van der Waals surface area contributed by atoms with Gasteiger partial charge >= 0.3 is 0 Å². The molecule has 0 saturated heterocycles. The minimum atomic E-state index is 0.0869. The van der Waals surface area contributed by atoms with Crippen molar-refractivity contribution >= 4 is 5.91 Å². The van der Waals surface area contributed by atoms with E-state index in [0.29, 0.717) is 23.4 Å². The van der Waals surface area contributed by atoms with E-state index < -0.39 is 0 Å². The number of amides is 1. The monoisotopic (exact) mass is 520 g/mol. The number of carbonyl (C=O) groups excluding carboxylic acids is 1. The van der Waals surface area contributed by atoms with Gasteiger partial charge in [0.15, 0.2) is 0 Å². The van der Waals surface area contributed by atoms with Crippen LogP contribution in [0.2, 0.25) is 0 Å². The van der Waals surface area contributed by atoms with Crippen LogP contribution in [-0.4, -0.2) is 11.9 Å². The predicted molar refractivity (Wildman–Crippen MR) is 159 cm³/mol. The molecule has 0 spiro atoms. The van der Waals surface area contributed by atoms with Gasteiger partial charge < -0.3 is 11.1 Å². The normalized spacial score (nSPS) is 39.2. The summed E-state index contributed by atoms with van der Waals surface area (Å²) < 4.78 is 0. The fourth-order valence-electron chi connectivity index (χ4n) is 10.5. The molecule has 3 heteroatoms. The third-order valence-electron chi connectivity index (χ3n) is 12.7. The Morgan fingerprint density at radius 3 is 2.34 bits per heavy atom. The topological polar surface area (TPSA) is 55.1 Å². The lowest BCUT2D eigenvalue weighted by Crippen LogP contribution is -2.55. The summed E-state index contributed by atoms with van der Waals surface area (Å²) in [6.45, 7) is 13.2. The number of carbonyl (C=O) groups is 1. The first-order valence-electron chi connectivity index (χ1n) is 16.3. The van der Waals surface area contributed by atoms with E-state index in [-0.39, 0.29) is 5.91 Å². The van der Waals surface area contributed by atoms with Crippen molar-refractivity contribution in [3.05, 3.63) is 35.4 Å². The quantitative estimate of drug-likeness (QED) is 0.362. The molecular weight excluding hydrogens is 464 g/mol. The lowest BCUT2D eigenvalue weighted by Gasteiger charge is -2.61. The predicted octanol–water partition coefficient (Wildman–Crippen LogP) is 8.37. The number of nitrogens with two attached hydrogens (primary N) is 1. The number of rotatable bonds is 8. The molecule has 0 bridgehead atoms. The molecule has 3 nitrogen and oxygen atoms in total. The molecule has 5 rings (SSSR count). The van der Waals surface area contributed by atoms with Crippen molar-refractivity contribution in [2.45, 2.75) is 124 Å². The first kappa shape index (κ1) is 28.2. The van der Waals surface area contributed by atoms with Crippen molar-refractivity contribution < 1.29 is 4.79 Å². The van der Waals surface area contributed by atoms with Gasteiger partial charge in [-0.2, -0.15) is 0 Å². The summed E-state index contributed by atoms with van der Waals surface area (Å²) in [5, 5.41) is 3.41. The fraction of sp³-hybridized carbons (Fsp3) is 0.800. The minimum Gasteiger partial charge on any atom is -0.349 e. The summed E-state index contributed by atoms with van der Waals surface area (Å²) in [6.07, 6.45) is 16.5. The second-order valence-corrected chi connectivity index (χ2v) is 15.0. The van der Waals surface area contributed by atoms with E-state index in [0.717, 1.165) is 59.0 Å². The van der Waals surface area contributed by atoms with Crippen molar-refractivity contribution in [1.82, 2.24) is 5.32 Å². The van der Waals surface area contributed by atoms with Gasteiger partial charge in [-0.1, -0.05) is 66.0 Å². The molecule has 9 atom stereocenters. The van der Waals surface area contributed by atoms with Crippen LogP contribution in [0.15, 0.2) is 24.3 Å². The third kappa shape index (κ3) is 5.23. The van der Waals surface area contributed by atoms with Gasteiger partial charge in [0, 0.05) is 18.2 Å². The summed E-state index contributed by atoms with van der Waals surface area (Å²) in [6, 6.07) is 8.13. The number of hydrogen-bond donors (Lipinski definition) is 2. The fourth-order valence-corrected chi connectivity index (χ4v) is 10.5. The number of hydrogen-bond acceptors (Lipinski definition) is 2. The van der Waals surface area contributed by atoms with Crippen LogP contribution in [0.4, 0.5) is 0 Å². The van der Waals surface area contributed by atoms with Crippen LogP contribution in [0.5, 0.6) is 0 Å². The van der Waals surface area contributed by atoms with Gasteiger partial charge in [0.25, 0.3) is 5.91 Å². The highest BCUT2D eigenvalue weighted by atomic mass is 16.1. The maximum absolute atomic E-state index is 13.0. The molecule has 0 aromatic heterocycles. The molecule has 4 fully saturated rings. The third-order valence-corrected chi connectivity index (χ3v) is 12.7. The van der Waals surface area contributed by atoms with E-state index in [1.54, 1.807) is 0 Å². The van der Waals surface area contributed by atoms with Crippen LogP contribution < -0.4 is 11.1 Å². The highest BCUT2D eigenvalue weighted by Gasteiger charge is 2.60. The van der Waals surface area contributed by atoms with E-state index in [1.807, 2.05) is 24.3 Å². The Labute approximate surface area is 233 Å². The molecule has 3 N–H and O–H groups in total. The Kier molecular flexibility index (Phi) is 8.35. The van der Waals surface area contributed by atoms with Gasteiger partial charge in [-0.25, -0.2) is 0 Å². The summed E-state index contributed by atoms with van der Waals surface area (Å²) in [5.74, 6) is 6.30.